The molecule has 0 rings (SSSR count). The van der Waals surface area contributed by atoms with Gasteiger partial charge in [-0.05, 0) is 46.5 Å². The molecule has 0 bridgehead atoms. The maximum Gasteiger partial charge on any atom is 0.407 e. The quantitative estimate of drug-likeness (QED) is 0.269. The van der Waals surface area contributed by atoms with E-state index in [9.17, 15) is 24.0 Å². The van der Waals surface area contributed by atoms with Gasteiger partial charge in [0, 0.05) is 31.7 Å². The van der Waals surface area contributed by atoms with Crippen molar-refractivity contribution in [3.8, 4) is 0 Å². The lowest BCUT2D eigenvalue weighted by molar-refractivity contribution is -0.138. The van der Waals surface area contributed by atoms with E-state index >= 15 is 0 Å². The number of hydrogen-bond donors (Lipinski definition) is 5. The molecule has 11 nitrogen and oxygen atoms in total. The normalized spacial score (nSPS) is 10.5. The topological polar surface area (TPSA) is 188 Å². The summed E-state index contributed by atoms with van der Waals surface area (Å²) in [5.74, 6) is -3.63. The van der Waals surface area contributed by atoms with Crippen molar-refractivity contribution in [3.05, 3.63) is 0 Å². The number of rotatable bonds is 13. The molecule has 0 heterocycles. The summed E-state index contributed by atoms with van der Waals surface area (Å²) in [4.78, 5) is 52.5. The van der Waals surface area contributed by atoms with E-state index in [-0.39, 0.29) is 38.5 Å². The standard InChI is InChI=1S/C12H21NO6.C7H12O4/c1-12(2,3)19-11(18)13-8(4-6-9(14)15)5-7-10(16)17;8-6(9)4-2-1-3-5-7(10)11/h8H,4-7H2,1-3H3,(H,13,18)(H,14,15)(H,16,17);1-5H2,(H,8,9)(H,10,11). The van der Waals surface area contributed by atoms with E-state index in [0.717, 1.165) is 0 Å². The molecule has 11 heteroatoms. The van der Waals surface area contributed by atoms with Crippen molar-refractivity contribution in [3.63, 3.8) is 0 Å². The van der Waals surface area contributed by atoms with Gasteiger partial charge in [0.1, 0.15) is 5.60 Å². The maximum atomic E-state index is 11.5. The average molecular weight is 435 g/mol. The van der Waals surface area contributed by atoms with Gasteiger partial charge in [-0.3, -0.25) is 19.2 Å². The molecule has 0 spiro atoms. The smallest absolute Gasteiger partial charge is 0.407 e. The Labute approximate surface area is 175 Å². The molecule has 0 fully saturated rings. The van der Waals surface area contributed by atoms with Crippen LogP contribution in [-0.2, 0) is 23.9 Å². The van der Waals surface area contributed by atoms with Crippen LogP contribution in [0.5, 0.6) is 0 Å². The van der Waals surface area contributed by atoms with Crippen molar-refractivity contribution < 1.29 is 49.1 Å². The first kappa shape index (κ1) is 29.4. The van der Waals surface area contributed by atoms with Crippen molar-refractivity contribution >= 4 is 30.0 Å². The van der Waals surface area contributed by atoms with Crippen LogP contribution in [0.3, 0.4) is 0 Å². The van der Waals surface area contributed by atoms with Gasteiger partial charge in [-0.25, -0.2) is 4.79 Å². The number of alkyl carbamates (subject to hydrolysis) is 1. The lowest BCUT2D eigenvalue weighted by Gasteiger charge is -2.23. The number of carboxylic acid groups (broad SMARTS) is 4. The van der Waals surface area contributed by atoms with Crippen LogP contribution in [0.1, 0.15) is 78.6 Å². The van der Waals surface area contributed by atoms with Crippen LogP contribution in [0.25, 0.3) is 0 Å². The van der Waals surface area contributed by atoms with Crippen molar-refractivity contribution in [1.82, 2.24) is 5.32 Å². The maximum absolute atomic E-state index is 11.5. The molecular formula is C19H33NO10. The molecule has 0 aromatic heterocycles. The summed E-state index contributed by atoms with van der Waals surface area (Å²) < 4.78 is 5.04. The highest BCUT2D eigenvalue weighted by Gasteiger charge is 2.20. The van der Waals surface area contributed by atoms with Gasteiger partial charge >= 0.3 is 30.0 Å². The monoisotopic (exact) mass is 435 g/mol. The molecule has 0 unspecified atom stereocenters. The number of nitrogens with one attached hydrogen (secondary N) is 1. The Balaban J connectivity index is 0. The zero-order valence-corrected chi connectivity index (χ0v) is 17.7. The van der Waals surface area contributed by atoms with E-state index < -0.39 is 41.6 Å². The first-order chi connectivity index (χ1) is 13.7. The Kier molecular flexibility index (Phi) is 15.7. The number of ether oxygens (including phenoxy) is 1. The summed E-state index contributed by atoms with van der Waals surface area (Å²) in [6, 6.07) is -0.526. The second kappa shape index (κ2) is 16.0. The fraction of sp³-hybridized carbons (Fsp3) is 0.737. The third kappa shape index (κ3) is 25.1. The Hall–Kier alpha value is -2.85. The predicted octanol–water partition coefficient (Wildman–Crippen LogP) is 2.72. The van der Waals surface area contributed by atoms with Crippen molar-refractivity contribution in [2.45, 2.75) is 90.2 Å². The zero-order valence-electron chi connectivity index (χ0n) is 17.7. The van der Waals surface area contributed by atoms with Crippen molar-refractivity contribution in [2.75, 3.05) is 0 Å². The SMILES string of the molecule is CC(C)(C)OC(=O)NC(CCC(=O)O)CCC(=O)O.O=C(O)CCCCCC(=O)O. The zero-order chi connectivity index (χ0) is 23.7. The summed E-state index contributed by atoms with van der Waals surface area (Å²) in [5.41, 5.74) is -0.659. The van der Waals surface area contributed by atoms with E-state index in [1.165, 1.54) is 0 Å². The molecule has 0 radical (unpaired) electrons. The van der Waals surface area contributed by atoms with Gasteiger partial charge in [-0.15, -0.1) is 0 Å². The predicted molar refractivity (Wildman–Crippen MR) is 105 cm³/mol. The molecule has 0 saturated carbocycles. The Morgan fingerprint density at radius 2 is 1.07 bits per heavy atom. The molecule has 1 amide bonds. The minimum Gasteiger partial charge on any atom is -0.481 e. The summed E-state index contributed by atoms with van der Waals surface area (Å²) in [6.45, 7) is 5.11. The van der Waals surface area contributed by atoms with Gasteiger partial charge in [-0.2, -0.15) is 0 Å². The van der Waals surface area contributed by atoms with E-state index in [4.69, 9.17) is 25.2 Å². The number of carbonyl (C=O) groups excluding carboxylic acids is 1. The first-order valence-corrected chi connectivity index (χ1v) is 9.59. The van der Waals surface area contributed by atoms with Crippen LogP contribution >= 0.6 is 0 Å². The molecule has 174 valence electrons. The van der Waals surface area contributed by atoms with Crippen LogP contribution in [0.15, 0.2) is 0 Å². The number of carboxylic acids is 4. The molecule has 0 aromatic carbocycles. The summed E-state index contributed by atoms with van der Waals surface area (Å²) in [7, 11) is 0. The number of aliphatic carboxylic acids is 4. The molecule has 0 aliphatic carbocycles. The van der Waals surface area contributed by atoms with E-state index in [2.05, 4.69) is 5.32 Å². The van der Waals surface area contributed by atoms with E-state index in [1.807, 2.05) is 0 Å². The lowest BCUT2D eigenvalue weighted by Crippen LogP contribution is -2.39. The first-order valence-electron chi connectivity index (χ1n) is 9.59. The Morgan fingerprint density at radius 3 is 1.37 bits per heavy atom. The summed E-state index contributed by atoms with van der Waals surface area (Å²) in [6.07, 6.45) is 1.49. The third-order valence-electron chi connectivity index (χ3n) is 3.42. The Morgan fingerprint density at radius 1 is 0.700 bits per heavy atom. The number of carbonyl (C=O) groups is 5. The summed E-state index contributed by atoms with van der Waals surface area (Å²) in [5, 5.41) is 36.1. The van der Waals surface area contributed by atoms with Crippen LogP contribution < -0.4 is 5.32 Å². The van der Waals surface area contributed by atoms with Crippen LogP contribution in [0, 0.1) is 0 Å². The molecule has 5 N–H and O–H groups in total. The Bertz CT molecular complexity index is 534. The van der Waals surface area contributed by atoms with Crippen molar-refractivity contribution in [1.29, 1.82) is 0 Å². The minimum atomic E-state index is -0.994. The number of amides is 1. The van der Waals surface area contributed by atoms with Crippen molar-refractivity contribution in [2.24, 2.45) is 0 Å². The highest BCUT2D eigenvalue weighted by atomic mass is 16.6. The third-order valence-corrected chi connectivity index (χ3v) is 3.42. The highest BCUT2D eigenvalue weighted by molar-refractivity contribution is 5.70. The van der Waals surface area contributed by atoms with Gasteiger partial charge < -0.3 is 30.5 Å². The minimum absolute atomic E-state index is 0.139. The fourth-order valence-corrected chi connectivity index (χ4v) is 2.09. The highest BCUT2D eigenvalue weighted by Crippen LogP contribution is 2.10. The second-order valence-electron chi connectivity index (χ2n) is 7.56. The van der Waals surface area contributed by atoms with E-state index in [1.54, 1.807) is 20.8 Å². The number of hydrogen-bond acceptors (Lipinski definition) is 6. The second-order valence-corrected chi connectivity index (χ2v) is 7.56. The van der Waals surface area contributed by atoms with Gasteiger partial charge in [0.2, 0.25) is 0 Å². The molecular weight excluding hydrogens is 402 g/mol. The molecule has 0 saturated heterocycles. The number of unbranched alkanes of at least 4 members (excludes halogenated alkanes) is 2. The molecule has 0 atom stereocenters. The largest absolute Gasteiger partial charge is 0.481 e. The van der Waals surface area contributed by atoms with Gasteiger partial charge in [0.05, 0.1) is 0 Å². The van der Waals surface area contributed by atoms with Crippen LogP contribution in [0.2, 0.25) is 0 Å². The van der Waals surface area contributed by atoms with Gasteiger partial charge in [0.25, 0.3) is 0 Å². The van der Waals surface area contributed by atoms with Gasteiger partial charge in [0.15, 0.2) is 0 Å². The van der Waals surface area contributed by atoms with Crippen LogP contribution in [-0.4, -0.2) is 62.0 Å². The van der Waals surface area contributed by atoms with Crippen LogP contribution in [0.4, 0.5) is 4.79 Å². The molecule has 0 aliphatic rings. The average Bonchev–Trinajstić information content (AvgIpc) is 2.55. The van der Waals surface area contributed by atoms with E-state index in [0.29, 0.717) is 19.3 Å². The summed E-state index contributed by atoms with van der Waals surface area (Å²) >= 11 is 0. The lowest BCUT2D eigenvalue weighted by atomic mass is 10.1. The fourth-order valence-electron chi connectivity index (χ4n) is 2.09. The van der Waals surface area contributed by atoms with Gasteiger partial charge in [-0.1, -0.05) is 6.42 Å². The molecule has 0 aliphatic heterocycles. The molecule has 0 aromatic rings. The molecule has 30 heavy (non-hydrogen) atoms.